The second-order valence-electron chi connectivity index (χ2n) is 1.95. The van der Waals surface area contributed by atoms with Crippen LogP contribution in [0.4, 0.5) is 0 Å². The first-order valence-electron chi connectivity index (χ1n) is 2.99. The first-order valence-corrected chi connectivity index (χ1v) is 3.37. The fourth-order valence-corrected chi connectivity index (χ4v) is 0.625. The van der Waals surface area contributed by atoms with Gasteiger partial charge in [0.25, 0.3) is 0 Å². The van der Waals surface area contributed by atoms with Crippen molar-refractivity contribution in [2.24, 2.45) is 5.73 Å². The maximum absolute atomic E-state index is 10.4. The molecule has 0 atom stereocenters. The van der Waals surface area contributed by atoms with Crippen LogP contribution in [-0.2, 0) is 4.79 Å². The number of primary amides is 1. The lowest BCUT2D eigenvalue weighted by Crippen LogP contribution is -2.14. The Kier molecular flexibility index (Phi) is 4.98. The molecule has 0 fully saturated rings. The molecule has 0 bridgehead atoms. The number of halogens is 1. The summed E-state index contributed by atoms with van der Waals surface area (Å²) in [6.07, 6.45) is 1.39. The number of rotatable bonds is 5. The molecular formula is C6H11ClN2O. The lowest BCUT2D eigenvalue weighted by atomic mass is 10.1. The van der Waals surface area contributed by atoms with Crippen LogP contribution >= 0.6 is 11.8 Å². The minimum absolute atomic E-state index is 0.436. The normalized spacial score (nSPS) is 9.30. The molecule has 10 heavy (non-hydrogen) atoms. The van der Waals surface area contributed by atoms with Crippen molar-refractivity contribution in [1.29, 1.82) is 0 Å². The maximum Gasteiger partial charge on any atom is 0.244 e. The zero-order chi connectivity index (χ0) is 7.98. The molecule has 0 spiro atoms. The molecule has 0 saturated carbocycles. The molecule has 0 heterocycles. The Morgan fingerprint density at radius 1 is 1.70 bits per heavy atom. The predicted octanol–water partition coefficient (Wildman–Crippen LogP) is 0.552. The Labute approximate surface area is 65.3 Å². The van der Waals surface area contributed by atoms with Gasteiger partial charge in [0.2, 0.25) is 5.91 Å². The second-order valence-corrected chi connectivity index (χ2v) is 2.22. The summed E-state index contributed by atoms with van der Waals surface area (Å²) < 4.78 is 0. The molecule has 0 aliphatic carbocycles. The topological polar surface area (TPSA) is 55.1 Å². The smallest absolute Gasteiger partial charge is 0.244 e. The molecule has 0 radical (unpaired) electrons. The van der Waals surface area contributed by atoms with Gasteiger partial charge in [0.15, 0.2) is 0 Å². The summed E-state index contributed by atoms with van der Waals surface area (Å²) in [5.41, 5.74) is 5.38. The minimum atomic E-state index is -0.436. The Balaban J connectivity index is 3.31. The Hall–Kier alpha value is -0.540. The zero-order valence-corrected chi connectivity index (χ0v) is 6.45. The Morgan fingerprint density at radius 3 is 2.70 bits per heavy atom. The summed E-state index contributed by atoms with van der Waals surface area (Å²) in [7, 11) is 0. The van der Waals surface area contributed by atoms with E-state index in [4.69, 9.17) is 17.5 Å². The van der Waals surface area contributed by atoms with E-state index in [-0.39, 0.29) is 0 Å². The van der Waals surface area contributed by atoms with Crippen molar-refractivity contribution >= 4 is 17.7 Å². The predicted molar refractivity (Wildman–Crippen MR) is 41.4 cm³/mol. The van der Waals surface area contributed by atoms with Crippen LogP contribution in [0.15, 0.2) is 12.2 Å². The van der Waals surface area contributed by atoms with Gasteiger partial charge in [0, 0.05) is 12.1 Å². The first-order chi connectivity index (χ1) is 4.68. The Bertz CT molecular complexity index is 136. The fourth-order valence-electron chi connectivity index (χ4n) is 0.492. The van der Waals surface area contributed by atoms with Crippen molar-refractivity contribution in [3.8, 4) is 0 Å². The highest BCUT2D eigenvalue weighted by atomic mass is 35.5. The monoisotopic (exact) mass is 162 g/mol. The van der Waals surface area contributed by atoms with Gasteiger partial charge in [0.1, 0.15) is 0 Å². The zero-order valence-electron chi connectivity index (χ0n) is 5.69. The third-order valence-corrected chi connectivity index (χ3v) is 1.29. The van der Waals surface area contributed by atoms with Crippen molar-refractivity contribution in [1.82, 2.24) is 4.84 Å². The molecule has 1 amide bonds. The lowest BCUT2D eigenvalue weighted by Gasteiger charge is -1.98. The molecule has 0 aliphatic heterocycles. The second kappa shape index (κ2) is 5.26. The van der Waals surface area contributed by atoms with E-state index >= 15 is 0 Å². The van der Waals surface area contributed by atoms with E-state index in [9.17, 15) is 4.79 Å². The number of hydrogen-bond acceptors (Lipinski definition) is 2. The summed E-state index contributed by atoms with van der Waals surface area (Å²) >= 11 is 5.17. The molecule has 0 saturated heterocycles. The van der Waals surface area contributed by atoms with E-state index in [0.29, 0.717) is 18.5 Å². The molecule has 0 rings (SSSR count). The average molecular weight is 163 g/mol. The van der Waals surface area contributed by atoms with Crippen LogP contribution in [0.25, 0.3) is 0 Å². The standard InChI is InChI=1S/C6H11ClN2O/c1-5(6(8)10)3-2-4-9-7/h9H,1-4H2,(H2,8,10). The summed E-state index contributed by atoms with van der Waals surface area (Å²) in [5, 5.41) is 0. The first kappa shape index (κ1) is 9.46. The van der Waals surface area contributed by atoms with Crippen LogP contribution in [0.5, 0.6) is 0 Å². The third kappa shape index (κ3) is 4.35. The van der Waals surface area contributed by atoms with Gasteiger partial charge in [-0.25, -0.2) is 4.84 Å². The average Bonchev–Trinajstić information content (AvgIpc) is 1.88. The highest BCUT2D eigenvalue weighted by Gasteiger charge is 1.99. The van der Waals surface area contributed by atoms with Crippen molar-refractivity contribution < 1.29 is 4.79 Å². The van der Waals surface area contributed by atoms with Gasteiger partial charge >= 0.3 is 0 Å². The number of nitrogens with two attached hydrogens (primary N) is 1. The molecule has 0 aliphatic rings. The molecule has 0 aromatic carbocycles. The highest BCUT2D eigenvalue weighted by Crippen LogP contribution is 1.99. The van der Waals surface area contributed by atoms with E-state index in [1.165, 1.54) is 0 Å². The summed E-state index contributed by atoms with van der Waals surface area (Å²) in [6.45, 7) is 4.14. The number of hydrogen-bond donors (Lipinski definition) is 2. The largest absolute Gasteiger partial charge is 0.366 e. The van der Waals surface area contributed by atoms with Crippen LogP contribution in [0, 0.1) is 0 Å². The van der Waals surface area contributed by atoms with Gasteiger partial charge in [-0.1, -0.05) is 6.58 Å². The molecular weight excluding hydrogens is 152 g/mol. The highest BCUT2D eigenvalue weighted by molar-refractivity contribution is 6.13. The van der Waals surface area contributed by atoms with Crippen LogP contribution in [0.2, 0.25) is 0 Å². The quantitative estimate of drug-likeness (QED) is 0.353. The van der Waals surface area contributed by atoms with Gasteiger partial charge in [-0.15, -0.1) is 0 Å². The SMILES string of the molecule is C=C(CCCNCl)C(N)=O. The van der Waals surface area contributed by atoms with Crippen LogP contribution in [-0.4, -0.2) is 12.5 Å². The van der Waals surface area contributed by atoms with E-state index in [1.54, 1.807) is 0 Å². The van der Waals surface area contributed by atoms with Gasteiger partial charge < -0.3 is 5.73 Å². The molecule has 4 heteroatoms. The summed E-state index contributed by atoms with van der Waals surface area (Å²) in [5.74, 6) is -0.436. The Morgan fingerprint density at radius 2 is 2.30 bits per heavy atom. The maximum atomic E-state index is 10.4. The summed E-state index contributed by atoms with van der Waals surface area (Å²) in [4.78, 5) is 12.8. The van der Waals surface area contributed by atoms with Gasteiger partial charge in [-0.3, -0.25) is 4.79 Å². The molecule has 3 N–H and O–H groups in total. The van der Waals surface area contributed by atoms with E-state index in [1.807, 2.05) is 0 Å². The van der Waals surface area contributed by atoms with E-state index in [2.05, 4.69) is 11.4 Å². The molecule has 0 unspecified atom stereocenters. The lowest BCUT2D eigenvalue weighted by molar-refractivity contribution is -0.114. The van der Waals surface area contributed by atoms with Crippen LogP contribution < -0.4 is 10.6 Å². The fraction of sp³-hybridized carbons (Fsp3) is 0.500. The van der Waals surface area contributed by atoms with E-state index in [0.717, 1.165) is 6.42 Å². The van der Waals surface area contributed by atoms with Crippen molar-refractivity contribution in [2.45, 2.75) is 12.8 Å². The molecule has 58 valence electrons. The van der Waals surface area contributed by atoms with Crippen molar-refractivity contribution in [3.63, 3.8) is 0 Å². The summed E-state index contributed by atoms with van der Waals surface area (Å²) in [6, 6.07) is 0. The number of carbonyl (C=O) groups excluding carboxylic acids is 1. The third-order valence-electron chi connectivity index (χ3n) is 1.10. The van der Waals surface area contributed by atoms with E-state index < -0.39 is 5.91 Å². The minimum Gasteiger partial charge on any atom is -0.366 e. The van der Waals surface area contributed by atoms with Gasteiger partial charge in [-0.2, -0.15) is 0 Å². The van der Waals surface area contributed by atoms with Gasteiger partial charge in [-0.05, 0) is 24.6 Å². The van der Waals surface area contributed by atoms with Crippen molar-refractivity contribution in [2.75, 3.05) is 6.54 Å². The van der Waals surface area contributed by atoms with Gasteiger partial charge in [0.05, 0.1) is 0 Å². The molecule has 0 aromatic heterocycles. The van der Waals surface area contributed by atoms with Crippen LogP contribution in [0.1, 0.15) is 12.8 Å². The van der Waals surface area contributed by atoms with Crippen molar-refractivity contribution in [3.05, 3.63) is 12.2 Å². The van der Waals surface area contributed by atoms with Crippen LogP contribution in [0.3, 0.4) is 0 Å². The molecule has 3 nitrogen and oxygen atoms in total. The molecule has 0 aromatic rings. The number of amides is 1. The number of nitrogens with one attached hydrogen (secondary N) is 1. The number of carbonyl (C=O) groups is 1.